The highest BCUT2D eigenvalue weighted by Crippen LogP contribution is 2.23. The van der Waals surface area contributed by atoms with E-state index in [0.717, 1.165) is 36.4 Å². The number of hydrogen-bond acceptors (Lipinski definition) is 2. The second-order valence-electron chi connectivity index (χ2n) is 4.33. The van der Waals surface area contributed by atoms with Crippen LogP contribution in [0.15, 0.2) is 18.2 Å². The maximum absolute atomic E-state index is 13.0. The van der Waals surface area contributed by atoms with Crippen molar-refractivity contribution in [3.8, 4) is 0 Å². The first-order valence-corrected chi connectivity index (χ1v) is 5.69. The first-order chi connectivity index (χ1) is 7.83. The maximum Gasteiger partial charge on any atom is 0.125 e. The van der Waals surface area contributed by atoms with E-state index in [4.69, 9.17) is 0 Å². The molecule has 0 spiro atoms. The number of aromatic nitrogens is 2. The molecule has 1 aliphatic heterocycles. The van der Waals surface area contributed by atoms with Gasteiger partial charge in [-0.05, 0) is 37.6 Å². The molecule has 84 valence electrons. The summed E-state index contributed by atoms with van der Waals surface area (Å²) in [5.41, 5.74) is 1.64. The third-order valence-electron chi connectivity index (χ3n) is 3.15. The van der Waals surface area contributed by atoms with Crippen molar-refractivity contribution in [2.45, 2.75) is 18.8 Å². The molecule has 0 bridgehead atoms. The number of imidazole rings is 1. The van der Waals surface area contributed by atoms with Gasteiger partial charge in [-0.2, -0.15) is 0 Å². The quantitative estimate of drug-likeness (QED) is 0.771. The van der Waals surface area contributed by atoms with Crippen molar-refractivity contribution in [2.75, 3.05) is 13.1 Å². The summed E-state index contributed by atoms with van der Waals surface area (Å²) in [6, 6.07) is 4.68. The largest absolute Gasteiger partial charge is 0.342 e. The van der Waals surface area contributed by atoms with E-state index in [1.807, 2.05) is 0 Å². The molecule has 3 rings (SSSR count). The fourth-order valence-corrected chi connectivity index (χ4v) is 2.28. The van der Waals surface area contributed by atoms with Gasteiger partial charge in [-0.25, -0.2) is 9.37 Å². The number of H-pyrrole nitrogens is 1. The Kier molecular flexibility index (Phi) is 2.36. The van der Waals surface area contributed by atoms with Crippen LogP contribution < -0.4 is 5.32 Å². The summed E-state index contributed by atoms with van der Waals surface area (Å²) < 4.78 is 13.0. The second-order valence-corrected chi connectivity index (χ2v) is 4.33. The van der Waals surface area contributed by atoms with Crippen molar-refractivity contribution in [2.24, 2.45) is 0 Å². The van der Waals surface area contributed by atoms with Crippen LogP contribution in [0, 0.1) is 5.82 Å². The predicted octanol–water partition coefficient (Wildman–Crippen LogP) is 2.17. The Morgan fingerprint density at radius 2 is 2.31 bits per heavy atom. The zero-order chi connectivity index (χ0) is 11.0. The number of aromatic amines is 1. The van der Waals surface area contributed by atoms with E-state index < -0.39 is 0 Å². The van der Waals surface area contributed by atoms with Gasteiger partial charge in [-0.1, -0.05) is 0 Å². The van der Waals surface area contributed by atoms with E-state index in [2.05, 4.69) is 15.3 Å². The van der Waals surface area contributed by atoms with E-state index in [1.165, 1.54) is 18.6 Å². The smallest absolute Gasteiger partial charge is 0.125 e. The molecule has 0 radical (unpaired) electrons. The van der Waals surface area contributed by atoms with Crippen LogP contribution in [0.2, 0.25) is 0 Å². The topological polar surface area (TPSA) is 40.7 Å². The van der Waals surface area contributed by atoms with Gasteiger partial charge in [-0.15, -0.1) is 0 Å². The number of benzene rings is 1. The van der Waals surface area contributed by atoms with Crippen LogP contribution in [0.3, 0.4) is 0 Å². The lowest BCUT2D eigenvalue weighted by molar-refractivity contribution is 0.449. The fraction of sp³-hybridized carbons (Fsp3) is 0.417. The van der Waals surface area contributed by atoms with Gasteiger partial charge in [0.1, 0.15) is 11.6 Å². The zero-order valence-electron chi connectivity index (χ0n) is 8.96. The lowest BCUT2D eigenvalue weighted by Crippen LogP contribution is -2.28. The van der Waals surface area contributed by atoms with E-state index in [1.54, 1.807) is 6.07 Å². The van der Waals surface area contributed by atoms with Crippen molar-refractivity contribution in [1.29, 1.82) is 0 Å². The Labute approximate surface area is 93.1 Å². The second kappa shape index (κ2) is 3.87. The molecule has 4 heteroatoms. The molecule has 0 saturated carbocycles. The lowest BCUT2D eigenvalue weighted by Gasteiger charge is -2.20. The monoisotopic (exact) mass is 219 g/mol. The molecule has 3 nitrogen and oxygen atoms in total. The number of piperidine rings is 1. The molecule has 1 aromatic carbocycles. The number of fused-ring (bicyclic) bond motifs is 1. The molecule has 2 N–H and O–H groups in total. The van der Waals surface area contributed by atoms with E-state index in [-0.39, 0.29) is 5.82 Å². The van der Waals surface area contributed by atoms with E-state index in [9.17, 15) is 4.39 Å². The van der Waals surface area contributed by atoms with Crippen LogP contribution in [0.5, 0.6) is 0 Å². The molecule has 0 unspecified atom stereocenters. The predicted molar refractivity (Wildman–Crippen MR) is 60.9 cm³/mol. The Morgan fingerprint density at radius 3 is 3.12 bits per heavy atom. The molecule has 2 aromatic rings. The van der Waals surface area contributed by atoms with Gasteiger partial charge in [0.2, 0.25) is 0 Å². The summed E-state index contributed by atoms with van der Waals surface area (Å²) in [6.07, 6.45) is 2.32. The summed E-state index contributed by atoms with van der Waals surface area (Å²) in [4.78, 5) is 7.73. The van der Waals surface area contributed by atoms with Crippen molar-refractivity contribution in [1.82, 2.24) is 15.3 Å². The third-order valence-corrected chi connectivity index (χ3v) is 3.15. The van der Waals surface area contributed by atoms with Crippen molar-refractivity contribution < 1.29 is 4.39 Å². The number of hydrogen-bond donors (Lipinski definition) is 2. The molecule has 1 atom stereocenters. The molecule has 1 aromatic heterocycles. The van der Waals surface area contributed by atoms with E-state index in [0.29, 0.717) is 5.92 Å². The lowest BCUT2D eigenvalue weighted by atomic mass is 9.99. The molecule has 0 aliphatic carbocycles. The molecule has 1 fully saturated rings. The highest BCUT2D eigenvalue weighted by atomic mass is 19.1. The molecule has 1 aliphatic rings. The van der Waals surface area contributed by atoms with Crippen molar-refractivity contribution >= 4 is 11.0 Å². The van der Waals surface area contributed by atoms with E-state index >= 15 is 0 Å². The van der Waals surface area contributed by atoms with Crippen LogP contribution in [0.4, 0.5) is 4.39 Å². The first kappa shape index (κ1) is 9.78. The van der Waals surface area contributed by atoms with Gasteiger partial charge in [0.05, 0.1) is 11.0 Å². The van der Waals surface area contributed by atoms with Gasteiger partial charge in [0, 0.05) is 12.5 Å². The summed E-state index contributed by atoms with van der Waals surface area (Å²) >= 11 is 0. The molecular weight excluding hydrogens is 205 g/mol. The first-order valence-electron chi connectivity index (χ1n) is 5.69. The minimum atomic E-state index is -0.218. The third kappa shape index (κ3) is 1.69. The zero-order valence-corrected chi connectivity index (χ0v) is 8.96. The van der Waals surface area contributed by atoms with Crippen LogP contribution in [-0.4, -0.2) is 23.1 Å². The maximum atomic E-state index is 13.0. The number of halogens is 1. The van der Waals surface area contributed by atoms with Gasteiger partial charge >= 0.3 is 0 Å². The van der Waals surface area contributed by atoms with Crippen molar-refractivity contribution in [3.05, 3.63) is 29.8 Å². The van der Waals surface area contributed by atoms with Gasteiger partial charge in [0.15, 0.2) is 0 Å². The van der Waals surface area contributed by atoms with Gasteiger partial charge in [0.25, 0.3) is 0 Å². The van der Waals surface area contributed by atoms with Crippen LogP contribution in [0.25, 0.3) is 11.0 Å². The average molecular weight is 219 g/mol. The van der Waals surface area contributed by atoms with Crippen molar-refractivity contribution in [3.63, 3.8) is 0 Å². The SMILES string of the molecule is Fc1ccc2nc([C@H]3CCCNC3)[nH]c2c1. The van der Waals surface area contributed by atoms with Crippen LogP contribution >= 0.6 is 0 Å². The molecule has 0 amide bonds. The Balaban J connectivity index is 1.97. The van der Waals surface area contributed by atoms with Gasteiger partial charge in [-0.3, -0.25) is 0 Å². The highest BCUT2D eigenvalue weighted by Gasteiger charge is 2.18. The highest BCUT2D eigenvalue weighted by molar-refractivity contribution is 5.75. The summed E-state index contributed by atoms with van der Waals surface area (Å²) in [5, 5.41) is 3.35. The Bertz CT molecular complexity index is 500. The molecular formula is C12H14FN3. The summed E-state index contributed by atoms with van der Waals surface area (Å²) in [7, 11) is 0. The minimum absolute atomic E-state index is 0.218. The minimum Gasteiger partial charge on any atom is -0.342 e. The number of nitrogens with zero attached hydrogens (tertiary/aromatic N) is 1. The van der Waals surface area contributed by atoms with Crippen LogP contribution in [-0.2, 0) is 0 Å². The Hall–Kier alpha value is -1.42. The standard InChI is InChI=1S/C12H14FN3/c13-9-3-4-10-11(6-9)16-12(15-10)8-2-1-5-14-7-8/h3-4,6,8,14H,1-2,5,7H2,(H,15,16)/t8-/m0/s1. The van der Waals surface area contributed by atoms with Gasteiger partial charge < -0.3 is 10.3 Å². The fourth-order valence-electron chi connectivity index (χ4n) is 2.28. The Morgan fingerprint density at radius 1 is 1.38 bits per heavy atom. The summed E-state index contributed by atoms with van der Waals surface area (Å²) in [6.45, 7) is 2.05. The normalized spacial score (nSPS) is 21.4. The number of rotatable bonds is 1. The molecule has 16 heavy (non-hydrogen) atoms. The molecule has 2 heterocycles. The van der Waals surface area contributed by atoms with Crippen LogP contribution in [0.1, 0.15) is 24.6 Å². The molecule has 1 saturated heterocycles. The average Bonchev–Trinajstić information content (AvgIpc) is 2.73. The summed E-state index contributed by atoms with van der Waals surface area (Å²) in [5.74, 6) is 1.20. The number of nitrogens with one attached hydrogen (secondary N) is 2.